The molecule has 1 aromatic rings. The lowest BCUT2D eigenvalue weighted by Gasteiger charge is -2.30. The Morgan fingerprint density at radius 1 is 1.53 bits per heavy atom. The summed E-state index contributed by atoms with van der Waals surface area (Å²) < 4.78 is 0. The van der Waals surface area contributed by atoms with E-state index in [9.17, 15) is 9.90 Å². The van der Waals surface area contributed by atoms with E-state index < -0.39 is 0 Å². The van der Waals surface area contributed by atoms with Crippen LogP contribution in [0.4, 0.5) is 0 Å². The molecule has 1 aromatic carbocycles. The Morgan fingerprint density at radius 2 is 2.32 bits per heavy atom. The molecule has 1 N–H and O–H groups in total. The second-order valence-electron chi connectivity index (χ2n) is 5.22. The summed E-state index contributed by atoms with van der Waals surface area (Å²) in [7, 11) is 0. The Bertz CT molecular complexity index is 461. The van der Waals surface area contributed by atoms with Gasteiger partial charge in [-0.05, 0) is 43.4 Å². The first-order valence-electron chi connectivity index (χ1n) is 6.77. The highest BCUT2D eigenvalue weighted by Gasteiger charge is 2.21. The number of carbonyl (C=O) groups is 1. The van der Waals surface area contributed by atoms with Crippen LogP contribution < -0.4 is 0 Å². The normalized spacial score (nSPS) is 19.5. The van der Waals surface area contributed by atoms with Crippen molar-refractivity contribution < 1.29 is 9.90 Å². The van der Waals surface area contributed by atoms with E-state index in [1.54, 1.807) is 4.90 Å². The molecule has 1 amide bonds. The van der Waals surface area contributed by atoms with E-state index in [2.05, 4.69) is 0 Å². The van der Waals surface area contributed by atoms with E-state index in [-0.39, 0.29) is 12.0 Å². The zero-order valence-corrected chi connectivity index (χ0v) is 12.0. The van der Waals surface area contributed by atoms with E-state index in [4.69, 9.17) is 11.6 Å². The number of benzene rings is 1. The van der Waals surface area contributed by atoms with Crippen LogP contribution in [0.1, 0.15) is 30.4 Å². The van der Waals surface area contributed by atoms with Crippen molar-refractivity contribution in [3.05, 3.63) is 34.3 Å². The number of rotatable bonds is 3. The molecular weight excluding hydrogens is 262 g/mol. The van der Waals surface area contributed by atoms with Crippen LogP contribution in [0.15, 0.2) is 18.2 Å². The number of amides is 1. The van der Waals surface area contributed by atoms with Crippen molar-refractivity contribution in [2.75, 3.05) is 13.1 Å². The minimum atomic E-state index is -0.355. The molecule has 0 unspecified atom stereocenters. The minimum absolute atomic E-state index is 0.121. The summed E-state index contributed by atoms with van der Waals surface area (Å²) in [5.74, 6) is 0.121. The van der Waals surface area contributed by atoms with E-state index in [0.29, 0.717) is 19.4 Å². The first-order valence-corrected chi connectivity index (χ1v) is 7.15. The highest BCUT2D eigenvalue weighted by molar-refractivity contribution is 6.31. The Balaban J connectivity index is 1.87. The third-order valence-corrected chi connectivity index (χ3v) is 4.02. The molecular formula is C15H20ClNO2. The van der Waals surface area contributed by atoms with Gasteiger partial charge in [0.15, 0.2) is 0 Å². The molecule has 2 rings (SSSR count). The molecule has 104 valence electrons. The number of likely N-dealkylation sites (tertiary alicyclic amines) is 1. The SMILES string of the molecule is Cc1ccc(CCC(=O)N2CCC[C@H](O)C2)cc1Cl. The predicted octanol–water partition coefficient (Wildman–Crippen LogP) is 2.56. The number of hydrogen-bond donors (Lipinski definition) is 1. The van der Waals surface area contributed by atoms with Gasteiger partial charge in [-0.25, -0.2) is 0 Å². The summed E-state index contributed by atoms with van der Waals surface area (Å²) in [4.78, 5) is 13.8. The molecule has 0 aliphatic carbocycles. The molecule has 0 aromatic heterocycles. The van der Waals surface area contributed by atoms with Gasteiger partial charge in [0.25, 0.3) is 0 Å². The van der Waals surface area contributed by atoms with Gasteiger partial charge in [0.2, 0.25) is 5.91 Å². The van der Waals surface area contributed by atoms with Crippen molar-refractivity contribution in [3.63, 3.8) is 0 Å². The van der Waals surface area contributed by atoms with E-state index in [1.165, 1.54) is 0 Å². The van der Waals surface area contributed by atoms with Crippen LogP contribution in [0.25, 0.3) is 0 Å². The van der Waals surface area contributed by atoms with Crippen molar-refractivity contribution in [2.24, 2.45) is 0 Å². The maximum Gasteiger partial charge on any atom is 0.222 e. The third-order valence-electron chi connectivity index (χ3n) is 3.61. The summed E-state index contributed by atoms with van der Waals surface area (Å²) in [6.45, 7) is 3.21. The van der Waals surface area contributed by atoms with E-state index in [1.807, 2.05) is 25.1 Å². The summed E-state index contributed by atoms with van der Waals surface area (Å²) in [5, 5.41) is 10.3. The number of aryl methyl sites for hydroxylation is 2. The maximum atomic E-state index is 12.1. The molecule has 0 spiro atoms. The number of piperidine rings is 1. The zero-order valence-electron chi connectivity index (χ0n) is 11.2. The number of halogens is 1. The monoisotopic (exact) mass is 281 g/mol. The molecule has 1 aliphatic rings. The first kappa shape index (κ1) is 14.4. The fourth-order valence-electron chi connectivity index (χ4n) is 2.38. The lowest BCUT2D eigenvalue weighted by Crippen LogP contribution is -2.42. The minimum Gasteiger partial charge on any atom is -0.391 e. The van der Waals surface area contributed by atoms with Gasteiger partial charge in [-0.15, -0.1) is 0 Å². The summed E-state index contributed by atoms with van der Waals surface area (Å²) in [5.41, 5.74) is 2.14. The van der Waals surface area contributed by atoms with Crippen LogP contribution in [0.5, 0.6) is 0 Å². The smallest absolute Gasteiger partial charge is 0.222 e. The largest absolute Gasteiger partial charge is 0.391 e. The van der Waals surface area contributed by atoms with Crippen LogP contribution in [-0.4, -0.2) is 35.1 Å². The average molecular weight is 282 g/mol. The van der Waals surface area contributed by atoms with Gasteiger partial charge in [-0.2, -0.15) is 0 Å². The fourth-order valence-corrected chi connectivity index (χ4v) is 2.59. The molecule has 1 atom stereocenters. The summed E-state index contributed by atoms with van der Waals surface area (Å²) in [6, 6.07) is 5.92. The second-order valence-corrected chi connectivity index (χ2v) is 5.63. The van der Waals surface area contributed by atoms with Crippen molar-refractivity contribution in [1.29, 1.82) is 0 Å². The highest BCUT2D eigenvalue weighted by Crippen LogP contribution is 2.18. The first-order chi connectivity index (χ1) is 9.06. The average Bonchev–Trinajstić information content (AvgIpc) is 2.40. The number of nitrogens with zero attached hydrogens (tertiary/aromatic N) is 1. The molecule has 1 heterocycles. The van der Waals surface area contributed by atoms with E-state index >= 15 is 0 Å². The van der Waals surface area contributed by atoms with Crippen LogP contribution in [0.3, 0.4) is 0 Å². The third kappa shape index (κ3) is 3.95. The Hall–Kier alpha value is -1.06. The van der Waals surface area contributed by atoms with Crippen molar-refractivity contribution >= 4 is 17.5 Å². The topological polar surface area (TPSA) is 40.5 Å². The quantitative estimate of drug-likeness (QED) is 0.925. The molecule has 0 bridgehead atoms. The molecule has 1 aliphatic heterocycles. The van der Waals surface area contributed by atoms with Crippen LogP contribution in [-0.2, 0) is 11.2 Å². The summed E-state index contributed by atoms with van der Waals surface area (Å²) in [6.07, 6.45) is 2.52. The van der Waals surface area contributed by atoms with E-state index in [0.717, 1.165) is 35.5 Å². The second kappa shape index (κ2) is 6.40. The van der Waals surface area contributed by atoms with Gasteiger partial charge in [-0.3, -0.25) is 4.79 Å². The zero-order chi connectivity index (χ0) is 13.8. The Morgan fingerprint density at radius 3 is 3.00 bits per heavy atom. The van der Waals surface area contributed by atoms with Crippen molar-refractivity contribution in [1.82, 2.24) is 4.90 Å². The Kier molecular flexibility index (Phi) is 4.83. The summed E-state index contributed by atoms with van der Waals surface area (Å²) >= 11 is 6.07. The number of carbonyl (C=O) groups excluding carboxylic acids is 1. The van der Waals surface area contributed by atoms with Gasteiger partial charge in [0.05, 0.1) is 6.10 Å². The molecule has 4 heteroatoms. The molecule has 19 heavy (non-hydrogen) atoms. The predicted molar refractivity (Wildman–Crippen MR) is 76.3 cm³/mol. The number of β-amino-alcohol motifs (C(OH)–C–C–N with tert-alkyl or cyclic N) is 1. The molecule has 0 saturated carbocycles. The molecule has 1 saturated heterocycles. The lowest BCUT2D eigenvalue weighted by atomic mass is 10.1. The molecule has 0 radical (unpaired) electrons. The highest BCUT2D eigenvalue weighted by atomic mass is 35.5. The van der Waals surface area contributed by atoms with Gasteiger partial charge in [0, 0.05) is 24.5 Å². The van der Waals surface area contributed by atoms with Gasteiger partial charge in [0.1, 0.15) is 0 Å². The lowest BCUT2D eigenvalue weighted by molar-refractivity contribution is -0.134. The maximum absolute atomic E-state index is 12.1. The van der Waals surface area contributed by atoms with Gasteiger partial charge >= 0.3 is 0 Å². The van der Waals surface area contributed by atoms with Gasteiger partial charge < -0.3 is 10.0 Å². The fraction of sp³-hybridized carbons (Fsp3) is 0.533. The van der Waals surface area contributed by atoms with Crippen LogP contribution in [0.2, 0.25) is 5.02 Å². The van der Waals surface area contributed by atoms with Gasteiger partial charge in [-0.1, -0.05) is 23.7 Å². The van der Waals surface area contributed by atoms with Crippen LogP contribution in [0, 0.1) is 6.92 Å². The number of aliphatic hydroxyl groups is 1. The van der Waals surface area contributed by atoms with Crippen LogP contribution >= 0.6 is 11.6 Å². The molecule has 3 nitrogen and oxygen atoms in total. The number of aliphatic hydroxyl groups excluding tert-OH is 1. The molecule has 1 fully saturated rings. The standard InChI is InChI=1S/C15H20ClNO2/c1-11-4-5-12(9-14(11)16)6-7-15(19)17-8-2-3-13(18)10-17/h4-5,9,13,18H,2-3,6-8,10H2,1H3/t13-/m0/s1. The van der Waals surface area contributed by atoms with Crippen molar-refractivity contribution in [3.8, 4) is 0 Å². The Labute approximate surface area is 119 Å². The number of hydrogen-bond acceptors (Lipinski definition) is 2. The van der Waals surface area contributed by atoms with Crippen molar-refractivity contribution in [2.45, 2.75) is 38.7 Å².